The molecular weight excluding hydrogens is 432 g/mol. The zero-order valence-electron chi connectivity index (χ0n) is 16.8. The fourth-order valence-electron chi connectivity index (χ4n) is 3.89. The molecule has 1 aliphatic heterocycles. The van der Waals surface area contributed by atoms with E-state index in [2.05, 4.69) is 0 Å². The van der Waals surface area contributed by atoms with E-state index in [9.17, 15) is 30.0 Å². The molecule has 2 aromatic carbocycles. The minimum Gasteiger partial charge on any atom is -0.508 e. The summed E-state index contributed by atoms with van der Waals surface area (Å²) in [4.78, 5) is 25.0. The van der Waals surface area contributed by atoms with Crippen LogP contribution >= 0.6 is 0 Å². The van der Waals surface area contributed by atoms with Crippen molar-refractivity contribution in [3.05, 3.63) is 98.4 Å². The number of ether oxygens (including phenoxy) is 1. The largest absolute Gasteiger partial charge is 0.508 e. The molecule has 2 unspecified atom stereocenters. The predicted molar refractivity (Wildman–Crippen MR) is 114 cm³/mol. The van der Waals surface area contributed by atoms with Gasteiger partial charge in [-0.2, -0.15) is 0 Å². The second kappa shape index (κ2) is 7.49. The van der Waals surface area contributed by atoms with Crippen molar-refractivity contribution in [1.82, 2.24) is 0 Å². The molecule has 0 fully saturated rings. The van der Waals surface area contributed by atoms with E-state index in [-0.39, 0.29) is 40.1 Å². The lowest BCUT2D eigenvalue weighted by Crippen LogP contribution is -2.17. The summed E-state index contributed by atoms with van der Waals surface area (Å²) in [6, 6.07) is 13.6. The highest BCUT2D eigenvalue weighted by atomic mass is 16.5. The van der Waals surface area contributed by atoms with E-state index in [1.807, 2.05) is 0 Å². The SMILES string of the molecule is O=c1cc(O)cc(C2c3c(cc(-c4ccc(O)cc4)oc3=O)OC2c2ccc(O)c(O)c2)o1. The normalized spacial score (nSPS) is 16.8. The minimum atomic E-state index is -0.992. The number of aromatic hydroxyl groups is 4. The van der Waals surface area contributed by atoms with Gasteiger partial charge in [0.05, 0.1) is 17.5 Å². The zero-order valence-corrected chi connectivity index (χ0v) is 16.8. The summed E-state index contributed by atoms with van der Waals surface area (Å²) in [5.74, 6) is -1.75. The number of rotatable bonds is 3. The van der Waals surface area contributed by atoms with Crippen molar-refractivity contribution in [2.45, 2.75) is 12.0 Å². The van der Waals surface area contributed by atoms with Crippen LogP contribution in [0.3, 0.4) is 0 Å². The van der Waals surface area contributed by atoms with Crippen molar-refractivity contribution in [1.29, 1.82) is 0 Å². The highest BCUT2D eigenvalue weighted by Crippen LogP contribution is 2.49. The quantitative estimate of drug-likeness (QED) is 0.346. The van der Waals surface area contributed by atoms with E-state index in [1.54, 1.807) is 12.1 Å². The van der Waals surface area contributed by atoms with Crippen LogP contribution in [0, 0.1) is 0 Å². The maximum atomic E-state index is 13.1. The smallest absolute Gasteiger partial charge is 0.344 e. The van der Waals surface area contributed by atoms with Gasteiger partial charge < -0.3 is 34.0 Å². The van der Waals surface area contributed by atoms with Gasteiger partial charge in [-0.05, 0) is 42.0 Å². The number of fused-ring (bicyclic) bond motifs is 1. The van der Waals surface area contributed by atoms with Crippen LogP contribution in [0.2, 0.25) is 0 Å². The summed E-state index contributed by atoms with van der Waals surface area (Å²) >= 11 is 0. The third-order valence-corrected chi connectivity index (χ3v) is 5.38. The standard InChI is InChI=1S/C24H16O9/c25-13-4-1-11(2-5-13)17-10-19-22(24(30)33-17)21(18-8-14(26)9-20(29)31-18)23(32-19)12-3-6-15(27)16(28)7-12/h1-10,21,23,25-28H. The molecule has 0 bridgehead atoms. The highest BCUT2D eigenvalue weighted by Gasteiger charge is 2.42. The minimum absolute atomic E-state index is 0.0407. The Balaban J connectivity index is 1.70. The predicted octanol–water partition coefficient (Wildman–Crippen LogP) is 3.35. The average Bonchev–Trinajstić information content (AvgIpc) is 3.16. The lowest BCUT2D eigenvalue weighted by Gasteiger charge is -2.18. The van der Waals surface area contributed by atoms with Crippen molar-refractivity contribution in [2.24, 2.45) is 0 Å². The van der Waals surface area contributed by atoms with Crippen molar-refractivity contribution < 1.29 is 34.0 Å². The fourth-order valence-corrected chi connectivity index (χ4v) is 3.89. The van der Waals surface area contributed by atoms with E-state index in [0.717, 1.165) is 6.07 Å². The Morgan fingerprint density at radius 1 is 0.727 bits per heavy atom. The third-order valence-electron chi connectivity index (χ3n) is 5.38. The van der Waals surface area contributed by atoms with Gasteiger partial charge in [-0.1, -0.05) is 6.07 Å². The van der Waals surface area contributed by atoms with Crippen molar-refractivity contribution in [3.8, 4) is 40.1 Å². The molecule has 2 aromatic heterocycles. The molecule has 33 heavy (non-hydrogen) atoms. The molecule has 4 aromatic rings. The van der Waals surface area contributed by atoms with Gasteiger partial charge in [-0.15, -0.1) is 0 Å². The van der Waals surface area contributed by atoms with Gasteiger partial charge in [-0.3, -0.25) is 0 Å². The molecule has 1 aliphatic rings. The lowest BCUT2D eigenvalue weighted by atomic mass is 9.89. The van der Waals surface area contributed by atoms with Crippen LogP contribution in [0.15, 0.2) is 79.1 Å². The lowest BCUT2D eigenvalue weighted by molar-refractivity contribution is 0.208. The first-order valence-corrected chi connectivity index (χ1v) is 9.80. The first-order valence-electron chi connectivity index (χ1n) is 9.80. The molecule has 0 amide bonds. The maximum absolute atomic E-state index is 13.1. The summed E-state index contributed by atoms with van der Waals surface area (Å²) in [5.41, 5.74) is -0.623. The number of benzene rings is 2. The van der Waals surface area contributed by atoms with Gasteiger partial charge in [0.2, 0.25) is 0 Å². The van der Waals surface area contributed by atoms with E-state index in [0.29, 0.717) is 11.1 Å². The Morgan fingerprint density at radius 2 is 1.48 bits per heavy atom. The molecule has 4 N–H and O–H groups in total. The van der Waals surface area contributed by atoms with Crippen molar-refractivity contribution >= 4 is 0 Å². The second-order valence-electron chi connectivity index (χ2n) is 7.52. The Kier molecular flexibility index (Phi) is 4.59. The molecule has 166 valence electrons. The van der Waals surface area contributed by atoms with E-state index >= 15 is 0 Å². The fraction of sp³-hybridized carbons (Fsp3) is 0.0833. The summed E-state index contributed by atoms with van der Waals surface area (Å²) in [6.07, 6.45) is -0.950. The van der Waals surface area contributed by atoms with Gasteiger partial charge in [0.1, 0.15) is 34.9 Å². The number of phenols is 3. The Labute approximate surface area is 185 Å². The molecule has 2 atom stereocenters. The number of phenolic OH excluding ortho intramolecular Hbond substituents is 3. The molecule has 0 spiro atoms. The van der Waals surface area contributed by atoms with Gasteiger partial charge in [0, 0.05) is 17.7 Å². The van der Waals surface area contributed by atoms with Crippen LogP contribution in [0.4, 0.5) is 0 Å². The third kappa shape index (κ3) is 3.55. The second-order valence-corrected chi connectivity index (χ2v) is 7.52. The summed E-state index contributed by atoms with van der Waals surface area (Å²) < 4.78 is 16.8. The van der Waals surface area contributed by atoms with Crippen LogP contribution in [-0.4, -0.2) is 20.4 Å². The summed E-state index contributed by atoms with van der Waals surface area (Å²) in [6.45, 7) is 0. The van der Waals surface area contributed by atoms with Crippen LogP contribution in [-0.2, 0) is 0 Å². The topological polar surface area (TPSA) is 151 Å². The van der Waals surface area contributed by atoms with Crippen molar-refractivity contribution in [2.75, 3.05) is 0 Å². The Bertz CT molecular complexity index is 1480. The van der Waals surface area contributed by atoms with Crippen LogP contribution in [0.1, 0.15) is 28.9 Å². The van der Waals surface area contributed by atoms with Crippen LogP contribution in [0.25, 0.3) is 11.3 Å². The number of hydrogen-bond donors (Lipinski definition) is 4. The van der Waals surface area contributed by atoms with Gasteiger partial charge in [-0.25, -0.2) is 9.59 Å². The monoisotopic (exact) mass is 448 g/mol. The molecule has 0 radical (unpaired) electrons. The molecular formula is C24H16O9. The molecule has 5 rings (SSSR count). The average molecular weight is 448 g/mol. The van der Waals surface area contributed by atoms with Crippen LogP contribution in [0.5, 0.6) is 28.7 Å². The summed E-state index contributed by atoms with van der Waals surface area (Å²) in [7, 11) is 0. The van der Waals surface area contributed by atoms with Crippen LogP contribution < -0.4 is 16.0 Å². The molecule has 9 heteroatoms. The van der Waals surface area contributed by atoms with Gasteiger partial charge >= 0.3 is 11.3 Å². The molecule has 0 aliphatic carbocycles. The van der Waals surface area contributed by atoms with E-state index in [1.165, 1.54) is 42.5 Å². The molecule has 3 heterocycles. The number of hydrogen-bond acceptors (Lipinski definition) is 9. The molecule has 0 saturated carbocycles. The molecule has 0 saturated heterocycles. The maximum Gasteiger partial charge on any atom is 0.344 e. The Hall–Kier alpha value is -4.66. The first-order chi connectivity index (χ1) is 15.8. The van der Waals surface area contributed by atoms with Crippen molar-refractivity contribution in [3.63, 3.8) is 0 Å². The highest BCUT2D eigenvalue weighted by molar-refractivity contribution is 5.62. The van der Waals surface area contributed by atoms with E-state index in [4.69, 9.17) is 13.6 Å². The first kappa shape index (κ1) is 20.3. The Morgan fingerprint density at radius 3 is 2.18 bits per heavy atom. The zero-order chi connectivity index (χ0) is 23.3. The van der Waals surface area contributed by atoms with Gasteiger partial charge in [0.25, 0.3) is 0 Å². The summed E-state index contributed by atoms with van der Waals surface area (Å²) in [5, 5.41) is 39.1. The molecule has 9 nitrogen and oxygen atoms in total. The van der Waals surface area contributed by atoms with Gasteiger partial charge in [0.15, 0.2) is 11.5 Å². The van der Waals surface area contributed by atoms with E-state index < -0.39 is 29.0 Å².